The molecule has 1 aromatic heterocycles. The van der Waals surface area contributed by atoms with Crippen molar-refractivity contribution in [2.75, 3.05) is 25.0 Å². The van der Waals surface area contributed by atoms with Crippen LogP contribution in [-0.2, 0) is 0 Å². The lowest BCUT2D eigenvalue weighted by Crippen LogP contribution is -2.38. The second kappa shape index (κ2) is 9.40. The van der Waals surface area contributed by atoms with Crippen LogP contribution in [0.5, 0.6) is 0 Å². The van der Waals surface area contributed by atoms with Crippen LogP contribution in [-0.4, -0.2) is 35.6 Å². The first kappa shape index (κ1) is 16.7. The molecule has 23 heavy (non-hydrogen) atoms. The van der Waals surface area contributed by atoms with E-state index in [-0.39, 0.29) is 6.03 Å². The van der Waals surface area contributed by atoms with E-state index in [1.807, 2.05) is 18.2 Å². The van der Waals surface area contributed by atoms with Crippen LogP contribution in [0, 0.1) is 0 Å². The van der Waals surface area contributed by atoms with E-state index >= 15 is 0 Å². The van der Waals surface area contributed by atoms with Gasteiger partial charge in [0.25, 0.3) is 0 Å². The van der Waals surface area contributed by atoms with Gasteiger partial charge in [0.1, 0.15) is 0 Å². The summed E-state index contributed by atoms with van der Waals surface area (Å²) in [5.41, 5.74) is 1.29. The first-order chi connectivity index (χ1) is 11.3. The maximum atomic E-state index is 11.7. The average molecular weight is 313 g/mol. The van der Waals surface area contributed by atoms with E-state index in [9.17, 15) is 4.79 Å². The van der Waals surface area contributed by atoms with Gasteiger partial charge in [-0.2, -0.15) is 0 Å². The van der Waals surface area contributed by atoms with Crippen LogP contribution in [0.4, 0.5) is 10.7 Å². The molecular formula is C17H23N5O. The number of nitrogens with one attached hydrogen (secondary N) is 3. The molecule has 1 atom stereocenters. The van der Waals surface area contributed by atoms with Crippen molar-refractivity contribution in [1.82, 2.24) is 20.6 Å². The number of carbonyl (C=O) groups excluding carboxylic acids is 1. The zero-order valence-electron chi connectivity index (χ0n) is 13.3. The Hall–Kier alpha value is -2.63. The Kier molecular flexibility index (Phi) is 6.84. The molecule has 0 spiro atoms. The normalized spacial score (nSPS) is 11.5. The number of hydrogen-bond donors (Lipinski definition) is 3. The zero-order valence-corrected chi connectivity index (χ0v) is 13.3. The van der Waals surface area contributed by atoms with Crippen molar-refractivity contribution >= 4 is 12.0 Å². The molecule has 0 aliphatic rings. The van der Waals surface area contributed by atoms with Gasteiger partial charge in [-0.05, 0) is 24.0 Å². The summed E-state index contributed by atoms with van der Waals surface area (Å²) in [4.78, 5) is 19.8. The van der Waals surface area contributed by atoms with Gasteiger partial charge in [0, 0.05) is 32.0 Å². The van der Waals surface area contributed by atoms with Gasteiger partial charge in [0.2, 0.25) is 5.95 Å². The molecule has 0 unspecified atom stereocenters. The quantitative estimate of drug-likeness (QED) is 0.654. The number of anilines is 1. The van der Waals surface area contributed by atoms with Crippen molar-refractivity contribution in [3.05, 3.63) is 54.4 Å². The maximum absolute atomic E-state index is 11.7. The molecule has 0 aliphatic carbocycles. The van der Waals surface area contributed by atoms with Crippen molar-refractivity contribution in [2.24, 2.45) is 0 Å². The van der Waals surface area contributed by atoms with Gasteiger partial charge >= 0.3 is 6.03 Å². The van der Waals surface area contributed by atoms with E-state index in [0.717, 1.165) is 6.42 Å². The summed E-state index contributed by atoms with van der Waals surface area (Å²) in [6.45, 7) is 3.91. The van der Waals surface area contributed by atoms with Crippen molar-refractivity contribution in [1.29, 1.82) is 0 Å². The average Bonchev–Trinajstić information content (AvgIpc) is 2.60. The standard InChI is InChI=1S/C17H23N5O/c1-14(15-6-3-2-4-7-15)8-11-21-17(23)22-13-12-20-16-18-9-5-10-19-16/h2-7,9-10,14H,8,11-13H2,1H3,(H,18,19,20)(H2,21,22,23)/t14-/m1/s1. The van der Waals surface area contributed by atoms with E-state index in [1.54, 1.807) is 18.5 Å². The third-order valence-electron chi connectivity index (χ3n) is 3.49. The van der Waals surface area contributed by atoms with Crippen molar-refractivity contribution < 1.29 is 4.79 Å². The topological polar surface area (TPSA) is 78.9 Å². The number of aromatic nitrogens is 2. The van der Waals surface area contributed by atoms with E-state index in [0.29, 0.717) is 31.5 Å². The summed E-state index contributed by atoms with van der Waals surface area (Å²) < 4.78 is 0. The molecule has 6 heteroatoms. The first-order valence-electron chi connectivity index (χ1n) is 7.83. The van der Waals surface area contributed by atoms with E-state index in [4.69, 9.17) is 0 Å². The van der Waals surface area contributed by atoms with Gasteiger partial charge in [-0.1, -0.05) is 37.3 Å². The lowest BCUT2D eigenvalue weighted by Gasteiger charge is -2.13. The summed E-state index contributed by atoms with van der Waals surface area (Å²) in [5, 5.41) is 8.70. The van der Waals surface area contributed by atoms with Crippen LogP contribution in [0.15, 0.2) is 48.8 Å². The van der Waals surface area contributed by atoms with Gasteiger partial charge in [-0.25, -0.2) is 14.8 Å². The number of nitrogens with zero attached hydrogens (tertiary/aromatic N) is 2. The molecule has 2 aromatic rings. The van der Waals surface area contributed by atoms with Crippen LogP contribution < -0.4 is 16.0 Å². The van der Waals surface area contributed by atoms with Crippen molar-refractivity contribution in [3.63, 3.8) is 0 Å². The molecule has 1 heterocycles. The number of urea groups is 1. The zero-order chi connectivity index (χ0) is 16.3. The number of rotatable bonds is 8. The molecule has 0 aliphatic heterocycles. The van der Waals surface area contributed by atoms with Gasteiger partial charge < -0.3 is 16.0 Å². The highest BCUT2D eigenvalue weighted by molar-refractivity contribution is 5.73. The Bertz CT molecular complexity index is 576. The van der Waals surface area contributed by atoms with Crippen LogP contribution in [0.2, 0.25) is 0 Å². The molecule has 3 N–H and O–H groups in total. The summed E-state index contributed by atoms with van der Waals surface area (Å²) >= 11 is 0. The minimum Gasteiger partial charge on any atom is -0.352 e. The fourth-order valence-electron chi connectivity index (χ4n) is 2.15. The lowest BCUT2D eigenvalue weighted by atomic mass is 9.98. The SMILES string of the molecule is C[C@H](CCNC(=O)NCCNc1ncccn1)c1ccccc1. The highest BCUT2D eigenvalue weighted by atomic mass is 16.2. The Labute approximate surface area is 136 Å². The van der Waals surface area contributed by atoms with E-state index in [2.05, 4.69) is 45.0 Å². The predicted octanol–water partition coefficient (Wildman–Crippen LogP) is 2.38. The number of carbonyl (C=O) groups is 1. The minimum absolute atomic E-state index is 0.152. The fourth-order valence-corrected chi connectivity index (χ4v) is 2.15. The van der Waals surface area contributed by atoms with E-state index in [1.165, 1.54) is 5.56 Å². The predicted molar refractivity (Wildman–Crippen MR) is 91.4 cm³/mol. The highest BCUT2D eigenvalue weighted by Crippen LogP contribution is 2.17. The molecule has 122 valence electrons. The molecular weight excluding hydrogens is 290 g/mol. The third kappa shape index (κ3) is 6.34. The van der Waals surface area contributed by atoms with Gasteiger partial charge in [0.05, 0.1) is 0 Å². The van der Waals surface area contributed by atoms with E-state index < -0.39 is 0 Å². The molecule has 6 nitrogen and oxygen atoms in total. The Balaban J connectivity index is 1.55. The maximum Gasteiger partial charge on any atom is 0.314 e. The van der Waals surface area contributed by atoms with Gasteiger partial charge in [-0.15, -0.1) is 0 Å². The van der Waals surface area contributed by atoms with Gasteiger partial charge in [-0.3, -0.25) is 0 Å². The third-order valence-corrected chi connectivity index (χ3v) is 3.49. The van der Waals surface area contributed by atoms with Crippen molar-refractivity contribution in [3.8, 4) is 0 Å². The monoisotopic (exact) mass is 313 g/mol. The molecule has 0 fully saturated rings. The second-order valence-electron chi connectivity index (χ2n) is 5.28. The Morgan fingerprint density at radius 2 is 1.70 bits per heavy atom. The minimum atomic E-state index is -0.152. The largest absolute Gasteiger partial charge is 0.352 e. The fraction of sp³-hybridized carbons (Fsp3) is 0.353. The van der Waals surface area contributed by atoms with Crippen LogP contribution >= 0.6 is 0 Å². The highest BCUT2D eigenvalue weighted by Gasteiger charge is 2.05. The Morgan fingerprint density at radius 1 is 1.00 bits per heavy atom. The summed E-state index contributed by atoms with van der Waals surface area (Å²) in [6.07, 6.45) is 4.25. The lowest BCUT2D eigenvalue weighted by molar-refractivity contribution is 0.241. The molecule has 1 aromatic carbocycles. The molecule has 0 radical (unpaired) electrons. The molecule has 2 amide bonds. The van der Waals surface area contributed by atoms with Crippen LogP contribution in [0.3, 0.4) is 0 Å². The number of hydrogen-bond acceptors (Lipinski definition) is 4. The second-order valence-corrected chi connectivity index (χ2v) is 5.28. The van der Waals surface area contributed by atoms with Crippen LogP contribution in [0.25, 0.3) is 0 Å². The van der Waals surface area contributed by atoms with Crippen LogP contribution in [0.1, 0.15) is 24.8 Å². The summed E-state index contributed by atoms with van der Waals surface area (Å²) in [6, 6.07) is 11.9. The summed E-state index contributed by atoms with van der Waals surface area (Å²) in [7, 11) is 0. The molecule has 0 saturated carbocycles. The molecule has 0 bridgehead atoms. The van der Waals surface area contributed by atoms with Crippen molar-refractivity contribution in [2.45, 2.75) is 19.3 Å². The van der Waals surface area contributed by atoms with Gasteiger partial charge in [0.15, 0.2) is 0 Å². The number of amides is 2. The number of benzene rings is 1. The first-order valence-corrected chi connectivity index (χ1v) is 7.83. The summed E-state index contributed by atoms with van der Waals surface area (Å²) in [5.74, 6) is 0.986. The molecule has 2 rings (SSSR count). The Morgan fingerprint density at radius 3 is 2.43 bits per heavy atom. The molecule has 0 saturated heterocycles. The smallest absolute Gasteiger partial charge is 0.314 e.